The third-order valence-corrected chi connectivity index (χ3v) is 25.4. The van der Waals surface area contributed by atoms with Crippen LogP contribution in [0.5, 0.6) is 0 Å². The molecule has 8 rings (SSSR count). The quantitative estimate of drug-likeness (QED) is 0.0219. The smallest absolute Gasteiger partial charge is 0.356 e. The summed E-state index contributed by atoms with van der Waals surface area (Å²) in [5, 5.41) is 4.41. The Hall–Kier alpha value is -5.53. The first-order valence-electron chi connectivity index (χ1n) is 24.2. The predicted octanol–water partition coefficient (Wildman–Crippen LogP) is 10.6. The Bertz CT molecular complexity index is 2930. The maximum absolute atomic E-state index is 16.0. The van der Waals surface area contributed by atoms with Gasteiger partial charge in [-0.1, -0.05) is 179 Å². The van der Waals surface area contributed by atoms with Crippen molar-refractivity contribution in [3.63, 3.8) is 0 Å². The highest BCUT2D eigenvalue weighted by Crippen LogP contribution is 2.53. The molecule has 370 valence electrons. The van der Waals surface area contributed by atoms with Gasteiger partial charge in [-0.2, -0.15) is 8.42 Å². The molecule has 0 spiro atoms. The molecule has 1 saturated carbocycles. The summed E-state index contributed by atoms with van der Waals surface area (Å²) in [5.41, 5.74) is 2.48. The molecule has 14 heteroatoms. The molecule has 2 fully saturated rings. The van der Waals surface area contributed by atoms with Crippen molar-refractivity contribution in [1.82, 2.24) is 9.88 Å². The lowest BCUT2D eigenvalue weighted by Crippen LogP contribution is -2.72. The number of nitrogens with zero attached hydrogens (tertiary/aromatic N) is 2. The number of benzene rings is 5. The number of carbonyl (C=O) groups excluding carboxylic acids is 3. The van der Waals surface area contributed by atoms with Crippen LogP contribution in [0.25, 0.3) is 11.3 Å². The van der Waals surface area contributed by atoms with Crippen molar-refractivity contribution < 1.29 is 36.1 Å². The lowest BCUT2D eigenvalue weighted by Gasteiger charge is -2.56. The molecule has 1 amide bonds. The van der Waals surface area contributed by atoms with Crippen molar-refractivity contribution in [2.24, 2.45) is 17.8 Å². The van der Waals surface area contributed by atoms with Crippen LogP contribution in [0, 0.1) is 24.7 Å². The van der Waals surface area contributed by atoms with E-state index in [1.165, 1.54) is 29.5 Å². The highest BCUT2D eigenvalue weighted by atomic mass is 32.2. The zero-order valence-corrected chi connectivity index (χ0v) is 45.0. The van der Waals surface area contributed by atoms with E-state index in [0.717, 1.165) is 27.0 Å². The fourth-order valence-corrected chi connectivity index (χ4v) is 17.7. The van der Waals surface area contributed by atoms with E-state index in [9.17, 15) is 8.42 Å². The van der Waals surface area contributed by atoms with Crippen LogP contribution in [0.2, 0.25) is 18.1 Å². The molecular weight excluding hydrogens is 964 g/mol. The number of hydrogen-bond donors (Lipinski definition) is 0. The molecule has 2 heterocycles. The van der Waals surface area contributed by atoms with Crippen molar-refractivity contribution in [3.8, 4) is 11.3 Å². The summed E-state index contributed by atoms with van der Waals surface area (Å²) >= 11 is 1.24. The van der Waals surface area contributed by atoms with Crippen molar-refractivity contribution in [2.45, 2.75) is 95.2 Å². The van der Waals surface area contributed by atoms with Crippen LogP contribution in [0.1, 0.15) is 63.6 Å². The molecule has 0 N–H and O–H groups in total. The normalized spacial score (nSPS) is 19.6. The Balaban J connectivity index is 1.35. The number of amides is 1. The molecule has 5 aromatic carbocycles. The summed E-state index contributed by atoms with van der Waals surface area (Å²) in [6, 6.07) is 44.3. The van der Waals surface area contributed by atoms with E-state index in [2.05, 4.69) is 40.4 Å². The van der Waals surface area contributed by atoms with Crippen LogP contribution in [0.3, 0.4) is 0 Å². The van der Waals surface area contributed by atoms with E-state index in [1.807, 2.05) is 141 Å². The van der Waals surface area contributed by atoms with E-state index in [-0.39, 0.29) is 33.6 Å². The first-order chi connectivity index (χ1) is 33.9. The largest absolute Gasteiger partial charge is 0.457 e. The highest BCUT2D eigenvalue weighted by Gasteiger charge is 2.61. The number of ketones is 1. The van der Waals surface area contributed by atoms with Crippen LogP contribution >= 0.6 is 18.2 Å². The topological polar surface area (TPSA) is 129 Å². The average Bonchev–Trinajstić information content (AvgIpc) is 3.86. The van der Waals surface area contributed by atoms with Gasteiger partial charge in [0.2, 0.25) is 5.91 Å². The van der Waals surface area contributed by atoms with Gasteiger partial charge in [0.25, 0.3) is 10.1 Å². The number of hydrogen-bond acceptors (Lipinski definition) is 10. The van der Waals surface area contributed by atoms with Crippen LogP contribution in [0.4, 0.5) is 0 Å². The number of β-lactam (4-membered cyclic amide) rings is 1. The summed E-state index contributed by atoms with van der Waals surface area (Å²) in [4.78, 5) is 53.8. The third-order valence-electron chi connectivity index (χ3n) is 14.4. The van der Waals surface area contributed by atoms with Gasteiger partial charge in [0, 0.05) is 23.7 Å². The number of Topliss-reactive ketones (excluding diaryl/α,β-unsaturated/α-hetero) is 1. The highest BCUT2D eigenvalue weighted by molar-refractivity contribution is 7.96. The van der Waals surface area contributed by atoms with Crippen LogP contribution in [0.15, 0.2) is 169 Å². The molecule has 6 atom stereocenters. The second-order valence-electron chi connectivity index (χ2n) is 20.0. The molecule has 2 aliphatic rings. The number of thiazole rings is 1. The number of carbonyl (C=O) groups is 3. The minimum Gasteiger partial charge on any atom is -0.457 e. The standard InChI is InChI=1S/C57H63N2O8PS2Si/c1-9-37-65-56(62)55(68(42-25-16-11-17-26-42,43-27-18-12-19-28-43)44-29-20-13-21-30-44)59-50(49(54(59)61)40(3)67-71(7,8)57(4,5)6)46-31-22-32-47(51(46)60)52(66-70(63,64)45-35-33-39(2)34-36-45)53-58-48(38-69-53)41-23-14-10-15-24-41/h9-21,23-30,33-36,38,40,46-47,49-50,52H,1,22,31-32,37H2,2-8H3/t40-,46-,47?,49-,50-,52?/m1/s1. The SMILES string of the molecule is C=CCOC(=O)C(N1C(=O)[C@H]([C@@H](C)O[Si](C)(C)C(C)(C)C)[C@H]1[C@H]1CCCC(C(OS(=O)(=O)c2ccc(C)cc2)c2nc(-c3ccccc3)cs2)C1=O)=P(c1ccccc1)(c1ccccc1)c1ccccc1. The minimum atomic E-state index is -4.44. The first-order valence-corrected chi connectivity index (χ1v) is 31.2. The summed E-state index contributed by atoms with van der Waals surface area (Å²) < 4.78 is 48.2. The molecule has 10 nitrogen and oxygen atoms in total. The fourth-order valence-electron chi connectivity index (χ4n) is 9.86. The zero-order valence-electron chi connectivity index (χ0n) is 41.4. The Morgan fingerprint density at radius 2 is 1.38 bits per heavy atom. The van der Waals surface area contributed by atoms with Gasteiger partial charge < -0.3 is 14.1 Å². The number of ether oxygens (including phenoxy) is 1. The third kappa shape index (κ3) is 10.3. The molecule has 6 aromatic rings. The molecule has 1 aliphatic carbocycles. The lowest BCUT2D eigenvalue weighted by molar-refractivity contribution is -0.164. The Morgan fingerprint density at radius 1 is 0.845 bits per heavy atom. The number of likely N-dealkylation sites (tertiary alicyclic amines) is 1. The molecular formula is C57H63N2O8PS2Si. The summed E-state index contributed by atoms with van der Waals surface area (Å²) in [7, 11) is -6.98. The van der Waals surface area contributed by atoms with Crippen LogP contribution in [-0.2, 0) is 37.8 Å². The van der Waals surface area contributed by atoms with Crippen LogP contribution in [-0.4, -0.2) is 68.4 Å². The Labute approximate surface area is 424 Å². The van der Waals surface area contributed by atoms with E-state index in [1.54, 1.807) is 17.0 Å². The van der Waals surface area contributed by atoms with Crippen LogP contribution < -0.4 is 15.9 Å². The van der Waals surface area contributed by atoms with Crippen molar-refractivity contribution >= 4 is 75.6 Å². The van der Waals surface area contributed by atoms with Gasteiger partial charge in [0.15, 0.2) is 8.32 Å². The van der Waals surface area contributed by atoms with E-state index in [0.29, 0.717) is 30.0 Å². The van der Waals surface area contributed by atoms with Gasteiger partial charge in [-0.3, -0.25) is 13.8 Å². The number of rotatable bonds is 17. The second-order valence-corrected chi connectivity index (χ2v) is 30.5. The predicted molar refractivity (Wildman–Crippen MR) is 289 cm³/mol. The lowest BCUT2D eigenvalue weighted by atomic mass is 9.67. The molecule has 0 radical (unpaired) electrons. The van der Waals surface area contributed by atoms with E-state index >= 15 is 14.4 Å². The fraction of sp³-hybridized carbons (Fsp3) is 0.316. The maximum Gasteiger partial charge on any atom is 0.356 e. The van der Waals surface area contributed by atoms with Gasteiger partial charge in [0.1, 0.15) is 28.9 Å². The number of aromatic nitrogens is 1. The minimum absolute atomic E-state index is 0.0412. The average molecular weight is 1030 g/mol. The van der Waals surface area contributed by atoms with Gasteiger partial charge in [0.05, 0.1) is 34.6 Å². The van der Waals surface area contributed by atoms with E-state index < -0.39 is 67.3 Å². The molecule has 71 heavy (non-hydrogen) atoms. The van der Waals surface area contributed by atoms with Gasteiger partial charge in [-0.05, 0) is 72.9 Å². The monoisotopic (exact) mass is 1030 g/mol. The van der Waals surface area contributed by atoms with Gasteiger partial charge in [-0.25, -0.2) is 9.78 Å². The molecule has 1 saturated heterocycles. The van der Waals surface area contributed by atoms with Crippen molar-refractivity contribution in [1.29, 1.82) is 0 Å². The Morgan fingerprint density at radius 3 is 1.90 bits per heavy atom. The summed E-state index contributed by atoms with van der Waals surface area (Å²) in [6.07, 6.45) is 0.699. The molecule has 1 aromatic heterocycles. The molecule has 2 unspecified atom stereocenters. The van der Waals surface area contributed by atoms with Crippen molar-refractivity contribution in [2.75, 3.05) is 6.61 Å². The number of aryl methyl sites for hydroxylation is 1. The zero-order chi connectivity index (χ0) is 50.7. The summed E-state index contributed by atoms with van der Waals surface area (Å²) in [6.45, 7) is 14.8. The van der Waals surface area contributed by atoms with Gasteiger partial charge in [-0.15, -0.1) is 11.3 Å². The van der Waals surface area contributed by atoms with Crippen molar-refractivity contribution in [3.05, 3.63) is 174 Å². The summed E-state index contributed by atoms with van der Waals surface area (Å²) in [5.74, 6) is -4.06. The Kier molecular flexibility index (Phi) is 15.5. The molecule has 1 aliphatic heterocycles. The first kappa shape index (κ1) is 51.8. The molecule has 0 bridgehead atoms. The second kappa shape index (κ2) is 21.3. The number of esters is 1. The maximum atomic E-state index is 16.0. The van der Waals surface area contributed by atoms with Gasteiger partial charge >= 0.3 is 5.97 Å². The van der Waals surface area contributed by atoms with E-state index in [4.69, 9.17) is 18.3 Å².